The number of rotatable bonds is 8. The molecule has 0 heterocycles. The van der Waals surface area contributed by atoms with E-state index in [1.807, 2.05) is 13.8 Å². The van der Waals surface area contributed by atoms with Gasteiger partial charge in [-0.15, -0.1) is 0 Å². The highest BCUT2D eigenvalue weighted by Gasteiger charge is 2.41. The zero-order valence-corrected chi connectivity index (χ0v) is 22.2. The molecule has 0 saturated heterocycles. The zero-order chi connectivity index (χ0) is 25.8. The average Bonchev–Trinajstić information content (AvgIpc) is 2.78. The van der Waals surface area contributed by atoms with Crippen LogP contribution in [0.3, 0.4) is 0 Å². The first-order valence-electron chi connectivity index (χ1n) is 11.2. The van der Waals surface area contributed by atoms with Crippen LogP contribution in [0.5, 0.6) is 0 Å². The molecular weight excluding hydrogens is 482 g/mol. The monoisotopic (exact) mass is 513 g/mol. The molecular formula is C27H31NO5S2. The number of esters is 1. The number of aryl methyl sites for hydroxylation is 2. The molecule has 0 spiro atoms. The second kappa shape index (κ2) is 10.8. The summed E-state index contributed by atoms with van der Waals surface area (Å²) in [5.41, 5.74) is 1.53. The van der Waals surface area contributed by atoms with Crippen LogP contribution in [0.2, 0.25) is 0 Å². The third kappa shape index (κ3) is 7.10. The summed E-state index contributed by atoms with van der Waals surface area (Å²) >= 11 is 0. The fraction of sp³-hybridized carbons (Fsp3) is 0.296. The number of carbonyl (C=O) groups is 1. The van der Waals surface area contributed by atoms with Crippen LogP contribution < -0.4 is 4.72 Å². The highest BCUT2D eigenvalue weighted by atomic mass is 32.2. The Balaban J connectivity index is 2.13. The van der Waals surface area contributed by atoms with Gasteiger partial charge in [-0.1, -0.05) is 65.7 Å². The van der Waals surface area contributed by atoms with E-state index in [0.717, 1.165) is 11.1 Å². The molecule has 0 aliphatic heterocycles. The summed E-state index contributed by atoms with van der Waals surface area (Å²) in [6, 6.07) is 20.9. The summed E-state index contributed by atoms with van der Waals surface area (Å²) in [5, 5.41) is -1.33. The first-order valence-corrected chi connectivity index (χ1v) is 13.9. The number of sulfonamides is 1. The van der Waals surface area contributed by atoms with E-state index in [-0.39, 0.29) is 4.90 Å². The average molecular weight is 514 g/mol. The van der Waals surface area contributed by atoms with Crippen molar-refractivity contribution < 1.29 is 22.2 Å². The number of hydrogen-bond donors (Lipinski definition) is 1. The van der Waals surface area contributed by atoms with Gasteiger partial charge in [0.1, 0.15) is 5.60 Å². The maximum atomic E-state index is 13.8. The lowest BCUT2D eigenvalue weighted by Gasteiger charge is -2.29. The molecule has 0 aliphatic carbocycles. The third-order valence-corrected chi connectivity index (χ3v) is 8.32. The maximum absolute atomic E-state index is 13.8. The fourth-order valence-corrected chi connectivity index (χ4v) is 6.16. The largest absolute Gasteiger partial charge is 0.459 e. The van der Waals surface area contributed by atoms with Crippen molar-refractivity contribution in [2.45, 2.75) is 61.3 Å². The van der Waals surface area contributed by atoms with Crippen LogP contribution in [0.1, 0.15) is 43.5 Å². The zero-order valence-electron chi connectivity index (χ0n) is 20.5. The predicted molar refractivity (Wildman–Crippen MR) is 138 cm³/mol. The molecule has 0 aromatic heterocycles. The molecule has 0 radical (unpaired) electrons. The molecule has 0 saturated carbocycles. The lowest BCUT2D eigenvalue weighted by atomic mass is 10.0. The molecule has 3 aromatic carbocycles. The maximum Gasteiger partial charge on any atom is 0.324 e. The molecule has 0 aliphatic rings. The van der Waals surface area contributed by atoms with Gasteiger partial charge in [-0.05, 0) is 64.4 Å². The number of ether oxygens (including phenoxy) is 1. The molecule has 35 heavy (non-hydrogen) atoms. The van der Waals surface area contributed by atoms with Gasteiger partial charge in [0.05, 0.1) is 21.7 Å². The van der Waals surface area contributed by atoms with E-state index in [9.17, 15) is 17.4 Å². The topological polar surface area (TPSA) is 89.5 Å². The lowest BCUT2D eigenvalue weighted by molar-refractivity contribution is -0.154. The van der Waals surface area contributed by atoms with Gasteiger partial charge in [0, 0.05) is 4.90 Å². The van der Waals surface area contributed by atoms with Gasteiger partial charge >= 0.3 is 5.97 Å². The van der Waals surface area contributed by atoms with Crippen LogP contribution >= 0.6 is 0 Å². The summed E-state index contributed by atoms with van der Waals surface area (Å²) in [5.74, 6) is -0.753. The van der Waals surface area contributed by atoms with Crippen molar-refractivity contribution in [2.75, 3.05) is 0 Å². The van der Waals surface area contributed by atoms with Crippen LogP contribution in [0.4, 0.5) is 0 Å². The molecule has 0 bridgehead atoms. The van der Waals surface area contributed by atoms with E-state index in [1.165, 1.54) is 12.1 Å². The molecule has 186 valence electrons. The van der Waals surface area contributed by atoms with Crippen LogP contribution in [0.25, 0.3) is 0 Å². The van der Waals surface area contributed by atoms with Crippen LogP contribution in [0.15, 0.2) is 88.7 Å². The first-order chi connectivity index (χ1) is 16.4. The van der Waals surface area contributed by atoms with Crippen molar-refractivity contribution in [3.05, 3.63) is 95.6 Å². The minimum absolute atomic E-state index is 0.0492. The second-order valence-electron chi connectivity index (χ2n) is 9.39. The number of hydrogen-bond acceptors (Lipinski definition) is 5. The summed E-state index contributed by atoms with van der Waals surface area (Å²) < 4.78 is 48.9. The third-order valence-electron chi connectivity index (χ3n) is 5.20. The molecule has 0 amide bonds. The summed E-state index contributed by atoms with van der Waals surface area (Å²) in [7, 11) is -5.98. The molecule has 6 nitrogen and oxygen atoms in total. The van der Waals surface area contributed by atoms with Gasteiger partial charge in [0.15, 0.2) is 5.25 Å². The Kier molecular flexibility index (Phi) is 8.30. The van der Waals surface area contributed by atoms with Crippen molar-refractivity contribution in [1.82, 2.24) is 4.72 Å². The Morgan fingerprint density at radius 3 is 1.89 bits per heavy atom. The molecule has 3 atom stereocenters. The minimum atomic E-state index is -4.06. The Bertz CT molecular complexity index is 1280. The minimum Gasteiger partial charge on any atom is -0.459 e. The molecule has 8 heteroatoms. The highest BCUT2D eigenvalue weighted by molar-refractivity contribution is 7.89. The Morgan fingerprint density at radius 1 is 0.857 bits per heavy atom. The molecule has 1 unspecified atom stereocenters. The van der Waals surface area contributed by atoms with Crippen LogP contribution in [-0.2, 0) is 30.4 Å². The van der Waals surface area contributed by atoms with Crippen LogP contribution in [-0.4, -0.2) is 29.4 Å². The van der Waals surface area contributed by atoms with Gasteiger partial charge < -0.3 is 4.74 Å². The summed E-state index contributed by atoms with van der Waals surface area (Å²) in [6.45, 7) is 8.90. The van der Waals surface area contributed by atoms with Crippen molar-refractivity contribution in [3.8, 4) is 0 Å². The Labute approximate surface area is 210 Å². The SMILES string of the molecule is Cc1ccc([S@](=O)C(C(=O)OC(C)(C)C)[C@H](NS(=O)(=O)c2ccc(C)cc2)c2ccccc2)cc1. The number of nitrogens with one attached hydrogen (secondary N) is 1. The molecule has 1 N–H and O–H groups in total. The molecule has 0 fully saturated rings. The van der Waals surface area contributed by atoms with E-state index < -0.39 is 43.7 Å². The fourth-order valence-electron chi connectivity index (χ4n) is 3.44. The van der Waals surface area contributed by atoms with Crippen molar-refractivity contribution >= 4 is 26.8 Å². The predicted octanol–water partition coefficient (Wildman–Crippen LogP) is 4.84. The first kappa shape index (κ1) is 26.8. The molecule has 3 rings (SSSR count). The second-order valence-corrected chi connectivity index (χ2v) is 12.7. The lowest BCUT2D eigenvalue weighted by Crippen LogP contribution is -2.45. The normalized spacial score (nSPS) is 14.7. The van der Waals surface area contributed by atoms with Crippen molar-refractivity contribution in [2.24, 2.45) is 0 Å². The highest BCUT2D eigenvalue weighted by Crippen LogP contribution is 2.29. The van der Waals surface area contributed by atoms with E-state index >= 15 is 0 Å². The van der Waals surface area contributed by atoms with Crippen molar-refractivity contribution in [3.63, 3.8) is 0 Å². The van der Waals surface area contributed by atoms with Gasteiger partial charge in [-0.2, -0.15) is 0 Å². The van der Waals surface area contributed by atoms with Crippen molar-refractivity contribution in [1.29, 1.82) is 0 Å². The van der Waals surface area contributed by atoms with E-state index in [4.69, 9.17) is 4.74 Å². The van der Waals surface area contributed by atoms with Gasteiger partial charge in [0.25, 0.3) is 0 Å². The molecule has 3 aromatic rings. The van der Waals surface area contributed by atoms with E-state index in [1.54, 1.807) is 87.5 Å². The number of benzene rings is 3. The Morgan fingerprint density at radius 2 is 1.37 bits per heavy atom. The smallest absolute Gasteiger partial charge is 0.324 e. The van der Waals surface area contributed by atoms with Gasteiger partial charge in [-0.25, -0.2) is 13.1 Å². The van der Waals surface area contributed by atoms with E-state index in [0.29, 0.717) is 10.5 Å². The van der Waals surface area contributed by atoms with Crippen LogP contribution in [0, 0.1) is 13.8 Å². The summed E-state index contributed by atoms with van der Waals surface area (Å²) in [6.07, 6.45) is 0. The quantitative estimate of drug-likeness (QED) is 0.435. The van der Waals surface area contributed by atoms with Gasteiger partial charge in [-0.3, -0.25) is 9.00 Å². The van der Waals surface area contributed by atoms with Gasteiger partial charge in [0.2, 0.25) is 10.0 Å². The summed E-state index contributed by atoms with van der Waals surface area (Å²) in [4.78, 5) is 13.9. The number of carbonyl (C=O) groups excluding carboxylic acids is 1. The van der Waals surface area contributed by atoms with E-state index in [2.05, 4.69) is 4.72 Å². The Hall–Kier alpha value is -2.81. The standard InChI is InChI=1S/C27H31NO5S2/c1-19-11-15-22(16-12-19)34(30)25(26(29)33-27(3,4)5)24(21-9-7-6-8-10-21)28-35(31,32)23-17-13-20(2)14-18-23/h6-18,24-25,28H,1-5H3/t24-,25?,34+/m1/s1.